The third kappa shape index (κ3) is 4.18. The van der Waals surface area contributed by atoms with Crippen molar-refractivity contribution in [2.75, 3.05) is 12.3 Å². The minimum atomic E-state index is 0.0264. The van der Waals surface area contributed by atoms with Crippen LogP contribution in [-0.4, -0.2) is 43.1 Å². The molecule has 0 spiro atoms. The predicted molar refractivity (Wildman–Crippen MR) is 132 cm³/mol. The summed E-state index contributed by atoms with van der Waals surface area (Å²) in [6.45, 7) is 6.33. The molecule has 0 radical (unpaired) electrons. The van der Waals surface area contributed by atoms with Crippen molar-refractivity contribution < 1.29 is 9.53 Å². The Labute approximate surface area is 198 Å². The molecule has 0 bridgehead atoms. The first-order valence-electron chi connectivity index (χ1n) is 11.9. The van der Waals surface area contributed by atoms with Gasteiger partial charge < -0.3 is 20.8 Å². The van der Waals surface area contributed by atoms with Gasteiger partial charge in [0.1, 0.15) is 29.1 Å². The Morgan fingerprint density at radius 3 is 2.82 bits per heavy atom. The smallest absolute Gasteiger partial charge is 0.216 e. The number of nitrogens with zero attached hydrogens (tertiary/aromatic N) is 4. The van der Waals surface area contributed by atoms with Crippen LogP contribution in [0.1, 0.15) is 58.2 Å². The number of hydrogen-bond donors (Lipinski definition) is 3. The summed E-state index contributed by atoms with van der Waals surface area (Å²) >= 11 is 0. The molecular formula is C25H31N7O2. The molecule has 3 aromatic heterocycles. The summed E-state index contributed by atoms with van der Waals surface area (Å²) in [6.07, 6.45) is 5.62. The standard InChI is InChI=1S/C25H31N7O2/c1-14(2)34-20-6-4-5-18-11-19(30-21(18)20)22-23-24(26)28-13-29-32(23)25(31-22)17-9-7-16(8-10-17)12-27-15(3)33/h4-6,11,13-14,16-17,30H,7-10,12H2,1-3H3,(H,27,33)(H2,26,28,29). The van der Waals surface area contributed by atoms with Crippen molar-refractivity contribution in [3.8, 4) is 17.1 Å². The van der Waals surface area contributed by atoms with Crippen LogP contribution in [0.3, 0.4) is 0 Å². The molecule has 9 heteroatoms. The van der Waals surface area contributed by atoms with Gasteiger partial charge in [0.25, 0.3) is 0 Å². The topological polar surface area (TPSA) is 123 Å². The van der Waals surface area contributed by atoms with Crippen LogP contribution < -0.4 is 15.8 Å². The third-order valence-electron chi connectivity index (χ3n) is 6.57. The summed E-state index contributed by atoms with van der Waals surface area (Å²) in [5.74, 6) is 2.92. The Balaban J connectivity index is 1.51. The number of aromatic nitrogens is 5. The Kier molecular flexibility index (Phi) is 5.85. The molecule has 4 N–H and O–H groups in total. The second kappa shape index (κ2) is 8.96. The van der Waals surface area contributed by atoms with Gasteiger partial charge in [-0.1, -0.05) is 12.1 Å². The molecule has 1 aliphatic carbocycles. The average Bonchev–Trinajstić information content (AvgIpc) is 3.41. The fourth-order valence-electron chi connectivity index (χ4n) is 4.95. The molecule has 1 fully saturated rings. The van der Waals surface area contributed by atoms with Gasteiger partial charge in [0.15, 0.2) is 5.82 Å². The Morgan fingerprint density at radius 1 is 1.29 bits per heavy atom. The monoisotopic (exact) mass is 461 g/mol. The van der Waals surface area contributed by atoms with Crippen LogP contribution in [0.25, 0.3) is 27.8 Å². The average molecular weight is 462 g/mol. The number of para-hydroxylation sites is 1. The Morgan fingerprint density at radius 2 is 2.09 bits per heavy atom. The van der Waals surface area contributed by atoms with Gasteiger partial charge in [-0.25, -0.2) is 14.5 Å². The zero-order valence-corrected chi connectivity index (χ0v) is 19.8. The third-order valence-corrected chi connectivity index (χ3v) is 6.57. The molecule has 4 aromatic rings. The zero-order valence-electron chi connectivity index (χ0n) is 19.8. The maximum Gasteiger partial charge on any atom is 0.216 e. The lowest BCUT2D eigenvalue weighted by atomic mass is 9.81. The number of aromatic amines is 1. The van der Waals surface area contributed by atoms with Gasteiger partial charge in [-0.15, -0.1) is 0 Å². The first-order valence-corrected chi connectivity index (χ1v) is 11.9. The van der Waals surface area contributed by atoms with Crippen molar-refractivity contribution in [1.29, 1.82) is 0 Å². The van der Waals surface area contributed by atoms with E-state index in [2.05, 4.69) is 32.5 Å². The second-order valence-electron chi connectivity index (χ2n) is 9.45. The van der Waals surface area contributed by atoms with Gasteiger partial charge in [0.05, 0.1) is 17.3 Å². The van der Waals surface area contributed by atoms with Crippen LogP contribution >= 0.6 is 0 Å². The lowest BCUT2D eigenvalue weighted by molar-refractivity contribution is -0.119. The number of rotatable bonds is 6. The number of amides is 1. The molecule has 1 aromatic carbocycles. The molecule has 34 heavy (non-hydrogen) atoms. The number of imidazole rings is 1. The van der Waals surface area contributed by atoms with E-state index in [0.29, 0.717) is 11.7 Å². The zero-order chi connectivity index (χ0) is 23.8. The quantitative estimate of drug-likeness (QED) is 0.398. The summed E-state index contributed by atoms with van der Waals surface area (Å²) < 4.78 is 7.86. The van der Waals surface area contributed by atoms with E-state index in [4.69, 9.17) is 15.5 Å². The Bertz CT molecular complexity index is 1330. The van der Waals surface area contributed by atoms with Gasteiger partial charge in [-0.3, -0.25) is 4.79 Å². The summed E-state index contributed by atoms with van der Waals surface area (Å²) in [6, 6.07) is 8.09. The van der Waals surface area contributed by atoms with Crippen LogP contribution in [0.5, 0.6) is 5.75 Å². The highest BCUT2D eigenvalue weighted by Crippen LogP contribution is 2.39. The van der Waals surface area contributed by atoms with Crippen molar-refractivity contribution in [2.45, 2.75) is 58.5 Å². The molecule has 1 aliphatic rings. The van der Waals surface area contributed by atoms with E-state index in [1.165, 1.54) is 6.33 Å². The van der Waals surface area contributed by atoms with Gasteiger partial charge in [0, 0.05) is 24.8 Å². The number of H-pyrrole nitrogens is 1. The summed E-state index contributed by atoms with van der Waals surface area (Å²) in [5.41, 5.74) is 9.59. The number of anilines is 1. The molecule has 178 valence electrons. The number of fused-ring (bicyclic) bond motifs is 2. The number of carbonyl (C=O) groups excluding carboxylic acids is 1. The molecule has 5 rings (SSSR count). The number of nitrogens with one attached hydrogen (secondary N) is 2. The van der Waals surface area contributed by atoms with E-state index in [0.717, 1.165) is 71.6 Å². The largest absolute Gasteiger partial charge is 0.489 e. The normalized spacial score (nSPS) is 18.6. The van der Waals surface area contributed by atoms with E-state index in [9.17, 15) is 4.79 Å². The van der Waals surface area contributed by atoms with E-state index >= 15 is 0 Å². The van der Waals surface area contributed by atoms with Crippen LogP contribution in [-0.2, 0) is 4.79 Å². The SMILES string of the molecule is CC(=O)NCC1CCC(c2nc(-c3cc4cccc(OC(C)C)c4[nH]3)c3c(N)ncnn23)CC1. The molecular weight excluding hydrogens is 430 g/mol. The predicted octanol–water partition coefficient (Wildman–Crippen LogP) is 4.05. The minimum absolute atomic E-state index is 0.0264. The van der Waals surface area contributed by atoms with E-state index in [1.807, 2.05) is 30.5 Å². The maximum absolute atomic E-state index is 11.3. The molecule has 3 heterocycles. The number of hydrogen-bond acceptors (Lipinski definition) is 6. The summed E-state index contributed by atoms with van der Waals surface area (Å²) in [4.78, 5) is 24.1. The number of benzene rings is 1. The van der Waals surface area contributed by atoms with E-state index in [-0.39, 0.29) is 17.9 Å². The molecule has 0 atom stereocenters. The first kappa shape index (κ1) is 22.2. The second-order valence-corrected chi connectivity index (χ2v) is 9.45. The lowest BCUT2D eigenvalue weighted by Gasteiger charge is -2.27. The highest BCUT2D eigenvalue weighted by Gasteiger charge is 2.28. The highest BCUT2D eigenvalue weighted by molar-refractivity contribution is 5.93. The maximum atomic E-state index is 11.3. The van der Waals surface area contributed by atoms with Crippen molar-refractivity contribution in [3.05, 3.63) is 36.4 Å². The van der Waals surface area contributed by atoms with Gasteiger partial charge in [-0.05, 0) is 57.6 Å². The number of ether oxygens (including phenoxy) is 1. The molecule has 1 amide bonds. The fourth-order valence-corrected chi connectivity index (χ4v) is 4.95. The van der Waals surface area contributed by atoms with E-state index < -0.39 is 0 Å². The Hall–Kier alpha value is -3.62. The number of carbonyl (C=O) groups is 1. The first-order chi connectivity index (χ1) is 16.4. The number of nitrogen functional groups attached to an aromatic ring is 1. The van der Waals surface area contributed by atoms with Crippen LogP contribution in [0.4, 0.5) is 5.82 Å². The molecule has 9 nitrogen and oxygen atoms in total. The molecule has 1 saturated carbocycles. The summed E-state index contributed by atoms with van der Waals surface area (Å²) in [7, 11) is 0. The highest BCUT2D eigenvalue weighted by atomic mass is 16.5. The van der Waals surface area contributed by atoms with E-state index in [1.54, 1.807) is 6.92 Å². The van der Waals surface area contributed by atoms with Gasteiger partial charge in [-0.2, -0.15) is 5.10 Å². The van der Waals surface area contributed by atoms with Crippen LogP contribution in [0, 0.1) is 5.92 Å². The fraction of sp³-hybridized carbons (Fsp3) is 0.440. The molecule has 0 aliphatic heterocycles. The van der Waals surface area contributed by atoms with Gasteiger partial charge in [0.2, 0.25) is 5.91 Å². The van der Waals surface area contributed by atoms with Gasteiger partial charge >= 0.3 is 0 Å². The van der Waals surface area contributed by atoms with Crippen LogP contribution in [0.15, 0.2) is 30.6 Å². The van der Waals surface area contributed by atoms with Crippen molar-refractivity contribution in [2.24, 2.45) is 5.92 Å². The molecule has 0 saturated heterocycles. The molecule has 0 unspecified atom stereocenters. The number of nitrogens with two attached hydrogens (primary N) is 1. The van der Waals surface area contributed by atoms with Crippen molar-refractivity contribution in [3.63, 3.8) is 0 Å². The van der Waals surface area contributed by atoms with Crippen LogP contribution in [0.2, 0.25) is 0 Å². The lowest BCUT2D eigenvalue weighted by Crippen LogP contribution is -2.29. The van der Waals surface area contributed by atoms with Crippen molar-refractivity contribution >= 4 is 28.1 Å². The summed E-state index contributed by atoms with van der Waals surface area (Å²) in [5, 5.41) is 8.52. The van der Waals surface area contributed by atoms with Crippen molar-refractivity contribution in [1.82, 2.24) is 29.9 Å². The minimum Gasteiger partial charge on any atom is -0.489 e.